The van der Waals surface area contributed by atoms with Gasteiger partial charge in [0.25, 0.3) is 11.8 Å². The number of nitro benzene ring substituents is 1. The Morgan fingerprint density at radius 3 is 2.50 bits per heavy atom. The maximum absolute atomic E-state index is 12.6. The highest BCUT2D eigenvalue weighted by molar-refractivity contribution is 6.07. The van der Waals surface area contributed by atoms with Crippen LogP contribution in [0.15, 0.2) is 35.5 Å². The third-order valence-electron chi connectivity index (χ3n) is 5.27. The van der Waals surface area contributed by atoms with Gasteiger partial charge in [-0.1, -0.05) is 18.2 Å². The third-order valence-corrected chi connectivity index (χ3v) is 5.27. The monoisotopic (exact) mass is 355 g/mol. The predicted molar refractivity (Wildman–Crippen MR) is 91.4 cm³/mol. The Morgan fingerprint density at radius 2 is 1.92 bits per heavy atom. The fourth-order valence-electron chi connectivity index (χ4n) is 4.21. The van der Waals surface area contributed by atoms with Gasteiger partial charge in [0.2, 0.25) is 5.75 Å². The highest BCUT2D eigenvalue weighted by Gasteiger charge is 2.59. The Bertz CT molecular complexity index is 832. The van der Waals surface area contributed by atoms with Crippen molar-refractivity contribution in [1.29, 1.82) is 0 Å². The molecular weight excluding hydrogens is 338 g/mol. The Kier molecular flexibility index (Phi) is 3.82. The molecule has 1 saturated heterocycles. The van der Waals surface area contributed by atoms with Gasteiger partial charge in [0, 0.05) is 11.6 Å². The molecule has 2 amide bonds. The van der Waals surface area contributed by atoms with E-state index in [2.05, 4.69) is 5.10 Å². The summed E-state index contributed by atoms with van der Waals surface area (Å²) in [5.74, 6) is -0.952. The molecule has 2 aliphatic carbocycles. The standard InChI is InChI=1S/C18H17N3O5/c1-2-26-16-12(4-3-5-13(16)21(24)25)9-19-20-17(22)14-10-6-7-11(8-10)15(14)18(20)23/h3-7,9-11,14-15H,2,8H2,1H3/t10-,11-,14-,15+/m0/s1. The number of benzene rings is 1. The van der Waals surface area contributed by atoms with Crippen LogP contribution in [0.3, 0.4) is 0 Å². The molecule has 1 aromatic rings. The van der Waals surface area contributed by atoms with E-state index in [4.69, 9.17) is 4.74 Å². The topological polar surface area (TPSA) is 102 Å². The zero-order chi connectivity index (χ0) is 18.4. The van der Waals surface area contributed by atoms with E-state index in [1.807, 2.05) is 12.2 Å². The van der Waals surface area contributed by atoms with E-state index in [1.54, 1.807) is 13.0 Å². The van der Waals surface area contributed by atoms with E-state index in [-0.39, 0.29) is 53.5 Å². The van der Waals surface area contributed by atoms with Crippen molar-refractivity contribution in [3.8, 4) is 5.75 Å². The number of nitro groups is 1. The maximum Gasteiger partial charge on any atom is 0.311 e. The summed E-state index contributed by atoms with van der Waals surface area (Å²) in [6.07, 6.45) is 6.16. The Hall–Kier alpha value is -3.03. The number of ether oxygens (including phenoxy) is 1. The van der Waals surface area contributed by atoms with Crippen LogP contribution in [0, 0.1) is 33.8 Å². The summed E-state index contributed by atoms with van der Waals surface area (Å²) in [7, 11) is 0. The van der Waals surface area contributed by atoms with Gasteiger partial charge < -0.3 is 4.74 Å². The van der Waals surface area contributed by atoms with Crippen LogP contribution in [-0.4, -0.2) is 34.6 Å². The van der Waals surface area contributed by atoms with Crippen LogP contribution in [0.25, 0.3) is 0 Å². The lowest BCUT2D eigenvalue weighted by atomic mass is 9.85. The van der Waals surface area contributed by atoms with Crippen molar-refractivity contribution in [3.63, 3.8) is 0 Å². The molecule has 0 radical (unpaired) electrons. The molecule has 0 spiro atoms. The lowest BCUT2D eigenvalue weighted by Crippen LogP contribution is -2.28. The molecular formula is C18H17N3O5. The van der Waals surface area contributed by atoms with Crippen LogP contribution in [0.5, 0.6) is 5.75 Å². The van der Waals surface area contributed by atoms with Gasteiger partial charge in [0.05, 0.1) is 29.6 Å². The summed E-state index contributed by atoms with van der Waals surface area (Å²) >= 11 is 0. The first-order valence-corrected chi connectivity index (χ1v) is 8.53. The third kappa shape index (κ3) is 2.33. The molecule has 26 heavy (non-hydrogen) atoms. The van der Waals surface area contributed by atoms with E-state index < -0.39 is 4.92 Å². The fraction of sp³-hybridized carbons (Fsp3) is 0.389. The molecule has 3 aliphatic rings. The average molecular weight is 355 g/mol. The van der Waals surface area contributed by atoms with Crippen LogP contribution >= 0.6 is 0 Å². The number of imide groups is 1. The molecule has 1 aliphatic heterocycles. The van der Waals surface area contributed by atoms with Crippen molar-refractivity contribution in [1.82, 2.24) is 5.01 Å². The summed E-state index contributed by atoms with van der Waals surface area (Å²) in [4.78, 5) is 35.9. The minimum Gasteiger partial charge on any atom is -0.487 e. The number of carbonyl (C=O) groups excluding carboxylic acids is 2. The number of fused-ring (bicyclic) bond motifs is 5. The largest absolute Gasteiger partial charge is 0.487 e. The van der Waals surface area contributed by atoms with Crippen molar-refractivity contribution in [2.45, 2.75) is 13.3 Å². The number of nitrogens with zero attached hydrogens (tertiary/aromatic N) is 3. The van der Waals surface area contributed by atoms with Crippen LogP contribution in [0.1, 0.15) is 18.9 Å². The lowest BCUT2D eigenvalue weighted by molar-refractivity contribution is -0.385. The number of hydrazone groups is 1. The van der Waals surface area contributed by atoms with Gasteiger partial charge in [0.15, 0.2) is 0 Å². The molecule has 1 saturated carbocycles. The molecule has 0 N–H and O–H groups in total. The van der Waals surface area contributed by atoms with E-state index >= 15 is 0 Å². The number of hydrogen-bond acceptors (Lipinski definition) is 6. The molecule has 4 rings (SSSR count). The minimum absolute atomic E-state index is 0.0739. The Balaban J connectivity index is 1.63. The predicted octanol–water partition coefficient (Wildman–Crippen LogP) is 2.13. The molecule has 1 heterocycles. The lowest BCUT2D eigenvalue weighted by Gasteiger charge is -2.13. The second-order valence-electron chi connectivity index (χ2n) is 6.62. The molecule has 0 aromatic heterocycles. The van der Waals surface area contributed by atoms with Crippen LogP contribution < -0.4 is 4.74 Å². The highest BCUT2D eigenvalue weighted by Crippen LogP contribution is 2.52. The van der Waals surface area contributed by atoms with Gasteiger partial charge >= 0.3 is 5.69 Å². The molecule has 1 aromatic carbocycles. The average Bonchev–Trinajstić information content (AvgIpc) is 3.29. The molecule has 0 unspecified atom stereocenters. The zero-order valence-electron chi connectivity index (χ0n) is 14.1. The van der Waals surface area contributed by atoms with Crippen LogP contribution in [0.2, 0.25) is 0 Å². The van der Waals surface area contributed by atoms with Gasteiger partial charge in [-0.2, -0.15) is 10.1 Å². The van der Waals surface area contributed by atoms with Gasteiger partial charge in [0.1, 0.15) is 0 Å². The van der Waals surface area contributed by atoms with Crippen LogP contribution in [-0.2, 0) is 9.59 Å². The van der Waals surface area contributed by atoms with E-state index in [0.717, 1.165) is 11.4 Å². The zero-order valence-corrected chi connectivity index (χ0v) is 14.1. The first-order valence-electron chi connectivity index (χ1n) is 8.53. The maximum atomic E-state index is 12.6. The number of allylic oxidation sites excluding steroid dienone is 2. The Labute approximate surface area is 149 Å². The van der Waals surface area contributed by atoms with Gasteiger partial charge in [-0.25, -0.2) is 0 Å². The fourth-order valence-corrected chi connectivity index (χ4v) is 4.21. The first kappa shape index (κ1) is 16.4. The Morgan fingerprint density at radius 1 is 1.27 bits per heavy atom. The van der Waals surface area contributed by atoms with Crippen molar-refractivity contribution in [2.75, 3.05) is 6.61 Å². The molecule has 134 valence electrons. The van der Waals surface area contributed by atoms with E-state index in [1.165, 1.54) is 18.3 Å². The van der Waals surface area contributed by atoms with Gasteiger partial charge in [-0.05, 0) is 31.2 Å². The van der Waals surface area contributed by atoms with Crippen molar-refractivity contribution < 1.29 is 19.2 Å². The van der Waals surface area contributed by atoms with Gasteiger partial charge in [-0.3, -0.25) is 19.7 Å². The SMILES string of the molecule is CCOc1c(C=NN2C(=O)[C@@H]3[C@H](C2=O)[C@H]2C=C[C@H]3C2)cccc1[N+](=O)[O-]. The normalized spacial score (nSPS) is 29.0. The number of rotatable bonds is 5. The molecule has 2 bridgehead atoms. The summed E-state index contributed by atoms with van der Waals surface area (Å²) in [6, 6.07) is 4.44. The summed E-state index contributed by atoms with van der Waals surface area (Å²) in [5.41, 5.74) is 0.161. The number of carbonyl (C=O) groups is 2. The smallest absolute Gasteiger partial charge is 0.311 e. The molecule has 2 fully saturated rings. The quantitative estimate of drug-likeness (QED) is 0.265. The highest BCUT2D eigenvalue weighted by atomic mass is 16.6. The number of hydrogen-bond donors (Lipinski definition) is 0. The summed E-state index contributed by atoms with van der Waals surface area (Å²) < 4.78 is 5.39. The molecule has 8 nitrogen and oxygen atoms in total. The van der Waals surface area contributed by atoms with Crippen molar-refractivity contribution in [3.05, 3.63) is 46.0 Å². The molecule has 4 atom stereocenters. The van der Waals surface area contributed by atoms with Gasteiger partial charge in [-0.15, -0.1) is 0 Å². The second kappa shape index (κ2) is 6.05. The van der Waals surface area contributed by atoms with Crippen molar-refractivity contribution in [2.24, 2.45) is 28.8 Å². The first-order chi connectivity index (χ1) is 12.5. The summed E-state index contributed by atoms with van der Waals surface area (Å²) in [5, 5.41) is 16.2. The van der Waals surface area contributed by atoms with Crippen LogP contribution in [0.4, 0.5) is 5.69 Å². The van der Waals surface area contributed by atoms with E-state index in [9.17, 15) is 19.7 Å². The molecule has 8 heteroatoms. The number of amides is 2. The summed E-state index contributed by atoms with van der Waals surface area (Å²) in [6.45, 7) is 1.96. The minimum atomic E-state index is -0.539. The number of para-hydroxylation sites is 1. The second-order valence-corrected chi connectivity index (χ2v) is 6.62. The van der Waals surface area contributed by atoms with Crippen molar-refractivity contribution >= 4 is 23.7 Å². The van der Waals surface area contributed by atoms with E-state index in [0.29, 0.717) is 5.56 Å².